The Morgan fingerprint density at radius 3 is 2.95 bits per heavy atom. The van der Waals surface area contributed by atoms with Crippen LogP contribution in [0, 0.1) is 6.92 Å². The smallest absolute Gasteiger partial charge is 0.258 e. The molecule has 2 N–H and O–H groups in total. The van der Waals surface area contributed by atoms with Crippen LogP contribution in [-0.2, 0) is 6.54 Å². The van der Waals surface area contributed by atoms with Crippen LogP contribution in [0.2, 0.25) is 0 Å². The van der Waals surface area contributed by atoms with Crippen molar-refractivity contribution in [1.82, 2.24) is 25.1 Å². The van der Waals surface area contributed by atoms with Crippen LogP contribution in [0.15, 0.2) is 41.5 Å². The SMILES string of the molecule is Cc1cnn(CCN[C@@H](C)c2nc3ccccc3c(=O)[nH]2)c1. The van der Waals surface area contributed by atoms with Gasteiger partial charge in [-0.25, -0.2) is 4.98 Å². The summed E-state index contributed by atoms with van der Waals surface area (Å²) in [7, 11) is 0. The second-order valence-corrected chi connectivity index (χ2v) is 5.42. The van der Waals surface area contributed by atoms with Crippen LogP contribution in [-0.4, -0.2) is 26.3 Å². The molecule has 0 radical (unpaired) electrons. The number of benzene rings is 1. The number of aryl methyl sites for hydroxylation is 1. The van der Waals surface area contributed by atoms with Gasteiger partial charge in [0, 0.05) is 12.7 Å². The molecule has 22 heavy (non-hydrogen) atoms. The van der Waals surface area contributed by atoms with E-state index in [1.165, 1.54) is 0 Å². The van der Waals surface area contributed by atoms with E-state index in [2.05, 4.69) is 20.4 Å². The first-order valence-corrected chi connectivity index (χ1v) is 7.35. The summed E-state index contributed by atoms with van der Waals surface area (Å²) in [6.07, 6.45) is 3.84. The number of fused-ring (bicyclic) bond motifs is 1. The minimum absolute atomic E-state index is 0.0334. The van der Waals surface area contributed by atoms with Crippen molar-refractivity contribution in [3.05, 3.63) is 58.4 Å². The fourth-order valence-electron chi connectivity index (χ4n) is 2.39. The third-order valence-corrected chi connectivity index (χ3v) is 3.60. The van der Waals surface area contributed by atoms with Crippen molar-refractivity contribution in [2.75, 3.05) is 6.54 Å². The van der Waals surface area contributed by atoms with E-state index in [0.717, 1.165) is 24.2 Å². The molecule has 0 amide bonds. The second-order valence-electron chi connectivity index (χ2n) is 5.42. The number of rotatable bonds is 5. The number of hydrogen-bond donors (Lipinski definition) is 2. The largest absolute Gasteiger partial charge is 0.309 e. The highest BCUT2D eigenvalue weighted by molar-refractivity contribution is 5.77. The van der Waals surface area contributed by atoms with Gasteiger partial charge in [0.25, 0.3) is 5.56 Å². The molecule has 0 aliphatic carbocycles. The van der Waals surface area contributed by atoms with E-state index in [0.29, 0.717) is 11.2 Å². The predicted octanol–water partition coefficient (Wildman–Crippen LogP) is 1.78. The highest BCUT2D eigenvalue weighted by atomic mass is 16.1. The lowest BCUT2D eigenvalue weighted by molar-refractivity contribution is 0.493. The summed E-state index contributed by atoms with van der Waals surface area (Å²) in [6, 6.07) is 7.33. The molecule has 114 valence electrons. The lowest BCUT2D eigenvalue weighted by Gasteiger charge is -2.13. The maximum absolute atomic E-state index is 12.1. The van der Waals surface area contributed by atoms with E-state index in [9.17, 15) is 4.79 Å². The van der Waals surface area contributed by atoms with Gasteiger partial charge in [-0.15, -0.1) is 0 Å². The molecule has 6 heteroatoms. The molecule has 0 aliphatic heterocycles. The van der Waals surface area contributed by atoms with Gasteiger partial charge in [-0.05, 0) is 31.5 Å². The molecule has 3 aromatic rings. The van der Waals surface area contributed by atoms with Gasteiger partial charge >= 0.3 is 0 Å². The van der Waals surface area contributed by atoms with E-state index in [1.54, 1.807) is 6.07 Å². The fraction of sp³-hybridized carbons (Fsp3) is 0.312. The van der Waals surface area contributed by atoms with E-state index < -0.39 is 0 Å². The number of aromatic amines is 1. The number of nitrogens with one attached hydrogen (secondary N) is 2. The van der Waals surface area contributed by atoms with E-state index in [-0.39, 0.29) is 11.6 Å². The zero-order chi connectivity index (χ0) is 15.5. The molecule has 2 aromatic heterocycles. The van der Waals surface area contributed by atoms with Crippen LogP contribution < -0.4 is 10.9 Å². The molecule has 1 aromatic carbocycles. The van der Waals surface area contributed by atoms with Crippen LogP contribution in [0.5, 0.6) is 0 Å². The van der Waals surface area contributed by atoms with Crippen molar-refractivity contribution in [1.29, 1.82) is 0 Å². The average molecular weight is 297 g/mol. The Kier molecular flexibility index (Phi) is 4.02. The molecule has 0 saturated carbocycles. The number of nitrogens with zero attached hydrogens (tertiary/aromatic N) is 3. The Bertz CT molecular complexity index is 836. The maximum Gasteiger partial charge on any atom is 0.258 e. The molecule has 3 rings (SSSR count). The standard InChI is InChI=1S/C16H19N5O/c1-11-9-18-21(10-11)8-7-17-12(2)15-19-14-6-4-3-5-13(14)16(22)20-15/h3-6,9-10,12,17H,7-8H2,1-2H3,(H,19,20,22)/t12-/m0/s1. The van der Waals surface area contributed by atoms with Crippen LogP contribution >= 0.6 is 0 Å². The minimum atomic E-state index is -0.100. The Balaban J connectivity index is 1.69. The fourth-order valence-corrected chi connectivity index (χ4v) is 2.39. The monoisotopic (exact) mass is 297 g/mol. The van der Waals surface area contributed by atoms with Crippen molar-refractivity contribution in [3.63, 3.8) is 0 Å². The Labute approximate surface area is 128 Å². The molecule has 0 saturated heterocycles. The third kappa shape index (κ3) is 3.07. The summed E-state index contributed by atoms with van der Waals surface area (Å²) < 4.78 is 1.89. The average Bonchev–Trinajstić information content (AvgIpc) is 2.92. The van der Waals surface area contributed by atoms with Gasteiger partial charge in [-0.3, -0.25) is 9.48 Å². The van der Waals surface area contributed by atoms with Crippen molar-refractivity contribution < 1.29 is 0 Å². The Morgan fingerprint density at radius 1 is 1.36 bits per heavy atom. The maximum atomic E-state index is 12.1. The number of hydrogen-bond acceptors (Lipinski definition) is 4. The molecule has 6 nitrogen and oxygen atoms in total. The van der Waals surface area contributed by atoms with E-state index >= 15 is 0 Å². The van der Waals surface area contributed by atoms with Crippen LogP contribution in [0.1, 0.15) is 24.4 Å². The molecule has 1 atom stereocenters. The van der Waals surface area contributed by atoms with Crippen molar-refractivity contribution in [2.45, 2.75) is 26.4 Å². The summed E-state index contributed by atoms with van der Waals surface area (Å²) in [6.45, 7) is 5.53. The zero-order valence-electron chi connectivity index (χ0n) is 12.7. The van der Waals surface area contributed by atoms with Gasteiger partial charge in [-0.1, -0.05) is 12.1 Å². The summed E-state index contributed by atoms with van der Waals surface area (Å²) in [5, 5.41) is 8.21. The first-order chi connectivity index (χ1) is 10.6. The summed E-state index contributed by atoms with van der Waals surface area (Å²) in [5.74, 6) is 0.653. The number of aromatic nitrogens is 4. The van der Waals surface area contributed by atoms with E-state index in [4.69, 9.17) is 0 Å². The van der Waals surface area contributed by atoms with Crippen LogP contribution in [0.4, 0.5) is 0 Å². The van der Waals surface area contributed by atoms with Gasteiger partial charge < -0.3 is 10.3 Å². The van der Waals surface area contributed by atoms with Gasteiger partial charge in [0.15, 0.2) is 0 Å². The number of H-pyrrole nitrogens is 1. The van der Waals surface area contributed by atoms with Gasteiger partial charge in [0.05, 0.1) is 29.7 Å². The molecule has 0 spiro atoms. The third-order valence-electron chi connectivity index (χ3n) is 3.60. The quantitative estimate of drug-likeness (QED) is 0.752. The highest BCUT2D eigenvalue weighted by Crippen LogP contribution is 2.10. The molecule has 0 aliphatic rings. The molecular weight excluding hydrogens is 278 g/mol. The molecule has 0 fully saturated rings. The summed E-state index contributed by atoms with van der Waals surface area (Å²) >= 11 is 0. The molecule has 0 unspecified atom stereocenters. The van der Waals surface area contributed by atoms with Crippen molar-refractivity contribution in [3.8, 4) is 0 Å². The number of para-hydroxylation sites is 1. The van der Waals surface area contributed by atoms with Crippen molar-refractivity contribution in [2.24, 2.45) is 0 Å². The zero-order valence-corrected chi connectivity index (χ0v) is 12.7. The van der Waals surface area contributed by atoms with Gasteiger partial charge in [0.1, 0.15) is 5.82 Å². The minimum Gasteiger partial charge on any atom is -0.309 e. The van der Waals surface area contributed by atoms with Crippen LogP contribution in [0.25, 0.3) is 10.9 Å². The van der Waals surface area contributed by atoms with Gasteiger partial charge in [0.2, 0.25) is 0 Å². The Hall–Kier alpha value is -2.47. The summed E-state index contributed by atoms with van der Waals surface area (Å²) in [5.41, 5.74) is 1.77. The van der Waals surface area contributed by atoms with Crippen molar-refractivity contribution >= 4 is 10.9 Å². The molecule has 2 heterocycles. The highest BCUT2D eigenvalue weighted by Gasteiger charge is 2.10. The summed E-state index contributed by atoms with van der Waals surface area (Å²) in [4.78, 5) is 19.4. The second kappa shape index (κ2) is 6.11. The molecule has 0 bridgehead atoms. The predicted molar refractivity (Wildman–Crippen MR) is 85.7 cm³/mol. The van der Waals surface area contributed by atoms with Gasteiger partial charge in [-0.2, -0.15) is 5.10 Å². The lowest BCUT2D eigenvalue weighted by Crippen LogP contribution is -2.26. The first kappa shape index (κ1) is 14.5. The normalized spacial score (nSPS) is 12.6. The van der Waals surface area contributed by atoms with E-state index in [1.807, 2.05) is 49.1 Å². The Morgan fingerprint density at radius 2 is 2.18 bits per heavy atom. The first-order valence-electron chi connectivity index (χ1n) is 7.35. The molecular formula is C16H19N5O. The van der Waals surface area contributed by atoms with Crippen LogP contribution in [0.3, 0.4) is 0 Å². The lowest BCUT2D eigenvalue weighted by atomic mass is 10.2. The topological polar surface area (TPSA) is 75.6 Å².